The maximum absolute atomic E-state index is 7.06. The van der Waals surface area contributed by atoms with Gasteiger partial charge in [0.15, 0.2) is 0 Å². The molecule has 0 N–H and O–H groups in total. The molecule has 10 aromatic carbocycles. The molecule has 56 heavy (non-hydrogen) atoms. The van der Waals surface area contributed by atoms with Crippen LogP contribution in [0.3, 0.4) is 0 Å². The Balaban J connectivity index is 1.22. The lowest BCUT2D eigenvalue weighted by Crippen LogP contribution is -2.05. The van der Waals surface area contributed by atoms with Crippen molar-refractivity contribution in [2.75, 3.05) is 0 Å². The summed E-state index contributed by atoms with van der Waals surface area (Å²) in [7, 11) is 0. The molecular weight excluding hydrogens is 697 g/mol. The van der Waals surface area contributed by atoms with Crippen molar-refractivity contribution in [3.63, 3.8) is 0 Å². The van der Waals surface area contributed by atoms with Crippen LogP contribution in [0.2, 0.25) is 0 Å². The van der Waals surface area contributed by atoms with Crippen LogP contribution in [0.5, 0.6) is 0 Å². The van der Waals surface area contributed by atoms with E-state index in [1.165, 1.54) is 92.3 Å². The summed E-state index contributed by atoms with van der Waals surface area (Å²) < 4.78 is 7.06. The Morgan fingerprint density at radius 1 is 0.375 bits per heavy atom. The number of para-hydroxylation sites is 1. The van der Waals surface area contributed by atoms with Gasteiger partial charge in [0, 0.05) is 38.0 Å². The first kappa shape index (κ1) is 31.7. The van der Waals surface area contributed by atoms with Gasteiger partial charge in [-0.3, -0.25) is 0 Å². The summed E-state index contributed by atoms with van der Waals surface area (Å²) in [5.74, 6) is 0.140. The van der Waals surface area contributed by atoms with Crippen molar-refractivity contribution in [3.05, 3.63) is 211 Å². The van der Waals surface area contributed by atoms with E-state index < -0.39 is 0 Å². The molecule has 0 spiro atoms. The van der Waals surface area contributed by atoms with Crippen molar-refractivity contribution in [2.24, 2.45) is 0 Å². The Labute approximate surface area is 328 Å². The molecule has 1 aromatic heterocycles. The van der Waals surface area contributed by atoms with E-state index >= 15 is 0 Å². The van der Waals surface area contributed by atoms with Crippen molar-refractivity contribution in [3.8, 4) is 22.3 Å². The van der Waals surface area contributed by atoms with Crippen LogP contribution >= 0.6 is 11.8 Å². The Kier molecular flexibility index (Phi) is 7.06. The Morgan fingerprint density at radius 3 is 1.71 bits per heavy atom. The van der Waals surface area contributed by atoms with E-state index in [1.807, 2.05) is 11.8 Å². The van der Waals surface area contributed by atoms with Crippen LogP contribution in [-0.4, -0.2) is 0 Å². The lowest BCUT2D eigenvalue weighted by molar-refractivity contribution is 0.668. The van der Waals surface area contributed by atoms with Gasteiger partial charge in [0.25, 0.3) is 0 Å². The minimum absolute atomic E-state index is 0.140. The predicted octanol–water partition coefficient (Wildman–Crippen LogP) is 15.5. The topological polar surface area (TPSA) is 13.1 Å². The van der Waals surface area contributed by atoms with Crippen molar-refractivity contribution in [1.82, 2.24) is 0 Å². The molecule has 0 amide bonds. The van der Waals surface area contributed by atoms with Gasteiger partial charge in [-0.05, 0) is 89.1 Å². The summed E-state index contributed by atoms with van der Waals surface area (Å²) in [6.45, 7) is 0. The number of furan rings is 1. The lowest BCUT2D eigenvalue weighted by atomic mass is 9.81. The van der Waals surface area contributed by atoms with Gasteiger partial charge in [-0.15, -0.1) is 11.8 Å². The van der Waals surface area contributed by atoms with Crippen LogP contribution in [0.4, 0.5) is 0 Å². The molecule has 0 fully saturated rings. The highest BCUT2D eigenvalue weighted by Gasteiger charge is 2.40. The second kappa shape index (κ2) is 12.5. The van der Waals surface area contributed by atoms with Crippen LogP contribution in [0.25, 0.3) is 87.3 Å². The van der Waals surface area contributed by atoms with E-state index in [1.54, 1.807) is 0 Å². The first-order chi connectivity index (χ1) is 27.8. The van der Waals surface area contributed by atoms with Gasteiger partial charge in [0.05, 0.1) is 0 Å². The second-order valence-electron chi connectivity index (χ2n) is 15.0. The summed E-state index contributed by atoms with van der Waals surface area (Å²) in [5, 5.41) is 12.5. The first-order valence-corrected chi connectivity index (χ1v) is 20.3. The summed E-state index contributed by atoms with van der Waals surface area (Å²) in [6, 6.07) is 71.5. The predicted molar refractivity (Wildman–Crippen MR) is 238 cm³/mol. The number of hydrogen-bond donors (Lipinski definition) is 0. The quantitative estimate of drug-likeness (QED) is 0.167. The summed E-state index contributed by atoms with van der Waals surface area (Å²) in [6.07, 6.45) is 0. The zero-order chi connectivity index (χ0) is 36.7. The lowest BCUT2D eigenvalue weighted by Gasteiger charge is -2.21. The van der Waals surface area contributed by atoms with Crippen molar-refractivity contribution >= 4 is 76.8 Å². The monoisotopic (exact) mass is 730 g/mol. The van der Waals surface area contributed by atoms with Gasteiger partial charge >= 0.3 is 0 Å². The van der Waals surface area contributed by atoms with E-state index in [0.29, 0.717) is 0 Å². The van der Waals surface area contributed by atoms with Crippen molar-refractivity contribution in [2.45, 2.75) is 16.1 Å². The minimum atomic E-state index is 0.140. The maximum atomic E-state index is 7.06. The number of rotatable bonds is 4. The average molecular weight is 731 g/mol. The largest absolute Gasteiger partial charge is 0.455 e. The smallest absolute Gasteiger partial charge is 0.144 e. The fourth-order valence-electron chi connectivity index (χ4n) is 9.60. The molecule has 0 saturated heterocycles. The maximum Gasteiger partial charge on any atom is 0.144 e. The molecule has 11 aromatic rings. The van der Waals surface area contributed by atoms with Crippen LogP contribution in [0.1, 0.15) is 27.9 Å². The Bertz CT molecular complexity index is 3290. The summed E-state index contributed by atoms with van der Waals surface area (Å²) in [5.41, 5.74) is 10.9. The fourth-order valence-corrected chi connectivity index (χ4v) is 11.2. The Morgan fingerprint density at radius 2 is 0.964 bits per heavy atom. The minimum Gasteiger partial charge on any atom is -0.455 e. The van der Waals surface area contributed by atoms with Crippen LogP contribution < -0.4 is 0 Å². The van der Waals surface area contributed by atoms with Gasteiger partial charge in [-0.25, -0.2) is 0 Å². The zero-order valence-electron chi connectivity index (χ0n) is 30.4. The third-order valence-corrected chi connectivity index (χ3v) is 13.5. The molecule has 2 unspecified atom stereocenters. The highest BCUT2D eigenvalue weighted by atomic mass is 32.2. The summed E-state index contributed by atoms with van der Waals surface area (Å²) >= 11 is 2.01. The van der Waals surface area contributed by atoms with Gasteiger partial charge < -0.3 is 4.42 Å². The number of hydrogen-bond acceptors (Lipinski definition) is 2. The van der Waals surface area contributed by atoms with E-state index in [9.17, 15) is 0 Å². The summed E-state index contributed by atoms with van der Waals surface area (Å²) in [4.78, 5) is 1.30. The second-order valence-corrected chi connectivity index (χ2v) is 16.2. The molecule has 12 rings (SSSR count). The molecule has 262 valence electrons. The number of benzene rings is 10. The van der Waals surface area contributed by atoms with Gasteiger partial charge in [-0.1, -0.05) is 176 Å². The molecule has 1 aliphatic heterocycles. The molecule has 2 heterocycles. The third-order valence-electron chi connectivity index (χ3n) is 12.0. The highest BCUT2D eigenvalue weighted by Crippen LogP contribution is 2.62. The fraction of sp³-hybridized carbons (Fsp3) is 0.0370. The molecule has 0 aliphatic carbocycles. The standard InChI is InChI=1S/C54H34OS/c1-2-17-35(18-3-1)48-46-32-45-39-22-12-13-28-47(39)55-52(45)51(54(46)56-53(48)37-30-29-33-15-4-5-19-36(33)31-37)50-43-25-10-8-23-41(43)49(42-24-9-11-26-44(42)50)40-27-14-20-34-16-6-7-21-38(34)40/h1-32,48,53H. The molecule has 0 saturated carbocycles. The van der Waals surface area contributed by atoms with Gasteiger partial charge in [-0.2, -0.15) is 0 Å². The first-order valence-electron chi connectivity index (χ1n) is 19.4. The molecule has 2 heteroatoms. The van der Waals surface area contributed by atoms with Crippen LogP contribution in [0, 0.1) is 0 Å². The molecule has 1 nitrogen and oxygen atoms in total. The highest BCUT2D eigenvalue weighted by molar-refractivity contribution is 8.00. The Hall–Kier alpha value is -6.61. The van der Waals surface area contributed by atoms with Crippen molar-refractivity contribution < 1.29 is 4.42 Å². The molecule has 2 atom stereocenters. The SMILES string of the molecule is c1ccc(C2c3cc4c(oc5ccccc54)c(-c4c5ccccc5c(-c5cccc6ccccc56)c5ccccc45)c3SC2c2ccc3ccccc3c2)cc1. The van der Waals surface area contributed by atoms with Gasteiger partial charge in [0.1, 0.15) is 11.2 Å². The zero-order valence-corrected chi connectivity index (χ0v) is 31.3. The van der Waals surface area contributed by atoms with Gasteiger partial charge in [0.2, 0.25) is 0 Å². The third kappa shape index (κ3) is 4.69. The molecule has 1 aliphatic rings. The molecular formula is C54H34OS. The number of fused-ring (bicyclic) bond motifs is 8. The molecule has 0 bridgehead atoms. The van der Waals surface area contributed by atoms with Crippen molar-refractivity contribution in [1.29, 1.82) is 0 Å². The van der Waals surface area contributed by atoms with Crippen LogP contribution in [0.15, 0.2) is 203 Å². The van der Waals surface area contributed by atoms with Crippen LogP contribution in [-0.2, 0) is 0 Å². The average Bonchev–Trinajstić information content (AvgIpc) is 3.84. The van der Waals surface area contributed by atoms with E-state index in [0.717, 1.165) is 16.6 Å². The normalized spacial score (nSPS) is 15.4. The molecule has 0 radical (unpaired) electrons. The van der Waals surface area contributed by atoms with E-state index in [-0.39, 0.29) is 11.2 Å². The van der Waals surface area contributed by atoms with E-state index in [4.69, 9.17) is 4.42 Å². The van der Waals surface area contributed by atoms with E-state index in [2.05, 4.69) is 194 Å². The number of thioether (sulfide) groups is 1.